The third-order valence-corrected chi connectivity index (χ3v) is 2.92. The zero-order valence-electron chi connectivity index (χ0n) is 9.60. The van der Waals surface area contributed by atoms with E-state index < -0.39 is 12.0 Å². The molecule has 6 heteroatoms. The van der Waals surface area contributed by atoms with E-state index in [-0.39, 0.29) is 11.3 Å². The van der Waals surface area contributed by atoms with Crippen molar-refractivity contribution in [2.75, 3.05) is 0 Å². The maximum absolute atomic E-state index is 11.3. The third kappa shape index (κ3) is 2.28. The molecule has 0 saturated heterocycles. The summed E-state index contributed by atoms with van der Waals surface area (Å²) in [5.74, 6) is -0.940. The first-order valence-electron chi connectivity index (χ1n) is 5.29. The first kappa shape index (κ1) is 12.4. The summed E-state index contributed by atoms with van der Waals surface area (Å²) in [4.78, 5) is 11.3. The minimum absolute atomic E-state index is 0.0844. The monoisotopic (exact) mass is 264 g/mol. The standard InChI is InChI=1S/C12H12N2O3S/c1-6-9(11(16)17)10(14-12(18)13-6)7-3-2-4-8(15)5-7/h2-5,10,15H,1H3,(H,16,17)(H2,13,14,18)/t10-/m0/s1. The predicted molar refractivity (Wildman–Crippen MR) is 70.1 cm³/mol. The maximum Gasteiger partial charge on any atom is 0.335 e. The van der Waals surface area contributed by atoms with Crippen LogP contribution in [-0.2, 0) is 4.79 Å². The molecule has 1 heterocycles. The molecule has 1 atom stereocenters. The van der Waals surface area contributed by atoms with Gasteiger partial charge in [0.2, 0.25) is 0 Å². The second-order valence-corrected chi connectivity index (χ2v) is 4.38. The number of benzene rings is 1. The van der Waals surface area contributed by atoms with Crippen LogP contribution in [0.2, 0.25) is 0 Å². The molecule has 2 rings (SSSR count). The summed E-state index contributed by atoms with van der Waals surface area (Å²) in [6.07, 6.45) is 0. The van der Waals surface area contributed by atoms with E-state index in [1.165, 1.54) is 12.1 Å². The van der Waals surface area contributed by atoms with Crippen LogP contribution in [-0.4, -0.2) is 21.3 Å². The molecule has 94 valence electrons. The molecule has 1 aromatic carbocycles. The van der Waals surface area contributed by atoms with E-state index in [9.17, 15) is 15.0 Å². The summed E-state index contributed by atoms with van der Waals surface area (Å²) in [6, 6.07) is 5.87. The summed E-state index contributed by atoms with van der Waals surface area (Å²) in [7, 11) is 0. The normalized spacial score (nSPS) is 19.2. The van der Waals surface area contributed by atoms with Crippen LogP contribution in [0.25, 0.3) is 0 Å². The summed E-state index contributed by atoms with van der Waals surface area (Å²) < 4.78 is 0. The number of thiocarbonyl (C=S) groups is 1. The highest BCUT2D eigenvalue weighted by atomic mass is 32.1. The molecule has 0 aromatic heterocycles. The number of carboxylic acid groups (broad SMARTS) is 1. The average molecular weight is 264 g/mol. The molecule has 1 aromatic rings. The van der Waals surface area contributed by atoms with Gasteiger partial charge >= 0.3 is 5.97 Å². The number of carboxylic acids is 1. The number of rotatable bonds is 2. The number of aliphatic carboxylic acids is 1. The number of phenols is 1. The van der Waals surface area contributed by atoms with Gasteiger partial charge in [-0.25, -0.2) is 4.79 Å². The molecule has 0 aliphatic carbocycles. The number of allylic oxidation sites excluding steroid dienone is 1. The van der Waals surface area contributed by atoms with Crippen molar-refractivity contribution in [2.24, 2.45) is 0 Å². The number of aromatic hydroxyl groups is 1. The quantitative estimate of drug-likeness (QED) is 0.602. The van der Waals surface area contributed by atoms with Gasteiger partial charge in [0.1, 0.15) is 5.75 Å². The second-order valence-electron chi connectivity index (χ2n) is 3.97. The number of hydrogen-bond acceptors (Lipinski definition) is 3. The number of hydrogen-bond donors (Lipinski definition) is 4. The third-order valence-electron chi connectivity index (χ3n) is 2.70. The summed E-state index contributed by atoms with van der Waals surface area (Å²) in [6.45, 7) is 1.66. The van der Waals surface area contributed by atoms with Crippen molar-refractivity contribution in [1.29, 1.82) is 0 Å². The Morgan fingerprint density at radius 1 is 1.44 bits per heavy atom. The molecule has 0 unspecified atom stereocenters. The Morgan fingerprint density at radius 2 is 2.17 bits per heavy atom. The molecule has 4 N–H and O–H groups in total. The smallest absolute Gasteiger partial charge is 0.335 e. The van der Waals surface area contributed by atoms with Crippen LogP contribution in [0.5, 0.6) is 5.75 Å². The molecule has 18 heavy (non-hydrogen) atoms. The molecule has 5 nitrogen and oxygen atoms in total. The van der Waals surface area contributed by atoms with Gasteiger partial charge in [-0.3, -0.25) is 0 Å². The van der Waals surface area contributed by atoms with Gasteiger partial charge in [-0.1, -0.05) is 12.1 Å². The van der Waals surface area contributed by atoms with Crippen LogP contribution < -0.4 is 10.6 Å². The fourth-order valence-electron chi connectivity index (χ4n) is 1.93. The Balaban J connectivity index is 2.50. The van der Waals surface area contributed by atoms with Gasteiger partial charge in [-0.2, -0.15) is 0 Å². The van der Waals surface area contributed by atoms with Crippen molar-refractivity contribution in [2.45, 2.75) is 13.0 Å². The lowest BCUT2D eigenvalue weighted by Crippen LogP contribution is -2.44. The van der Waals surface area contributed by atoms with E-state index in [2.05, 4.69) is 10.6 Å². The number of nitrogens with one attached hydrogen (secondary N) is 2. The lowest BCUT2D eigenvalue weighted by atomic mass is 9.95. The molecule has 0 fully saturated rings. The van der Waals surface area contributed by atoms with Crippen molar-refractivity contribution >= 4 is 23.3 Å². The highest BCUT2D eigenvalue weighted by Crippen LogP contribution is 2.28. The molecular weight excluding hydrogens is 252 g/mol. The van der Waals surface area contributed by atoms with Crippen molar-refractivity contribution in [1.82, 2.24) is 10.6 Å². The van der Waals surface area contributed by atoms with Crippen LogP contribution in [0.1, 0.15) is 18.5 Å². The minimum atomic E-state index is -1.02. The highest BCUT2D eigenvalue weighted by molar-refractivity contribution is 7.80. The van der Waals surface area contributed by atoms with Crippen LogP contribution in [0.3, 0.4) is 0 Å². The molecule has 1 aliphatic rings. The zero-order chi connectivity index (χ0) is 13.3. The molecule has 0 bridgehead atoms. The van der Waals surface area contributed by atoms with Gasteiger partial charge < -0.3 is 20.8 Å². The SMILES string of the molecule is CC1=C(C(=O)O)[C@H](c2cccc(O)c2)NC(=S)N1. The van der Waals surface area contributed by atoms with Crippen molar-refractivity contribution in [3.63, 3.8) is 0 Å². The van der Waals surface area contributed by atoms with Crippen LogP contribution >= 0.6 is 12.2 Å². The van der Waals surface area contributed by atoms with Crippen molar-refractivity contribution in [3.05, 3.63) is 41.1 Å². The minimum Gasteiger partial charge on any atom is -0.508 e. The van der Waals surface area contributed by atoms with Crippen molar-refractivity contribution < 1.29 is 15.0 Å². The van der Waals surface area contributed by atoms with Gasteiger partial charge in [-0.15, -0.1) is 0 Å². The fraction of sp³-hybridized carbons (Fsp3) is 0.167. The topological polar surface area (TPSA) is 81.6 Å². The lowest BCUT2D eigenvalue weighted by Gasteiger charge is -2.28. The molecule has 1 aliphatic heterocycles. The first-order valence-corrected chi connectivity index (χ1v) is 5.70. The van der Waals surface area contributed by atoms with E-state index in [1.54, 1.807) is 19.1 Å². The molecule has 0 saturated carbocycles. The van der Waals surface area contributed by atoms with E-state index in [0.717, 1.165) is 0 Å². The van der Waals surface area contributed by atoms with Gasteiger partial charge in [0.25, 0.3) is 0 Å². The number of phenolic OH excluding ortho intramolecular Hbond substituents is 1. The average Bonchev–Trinajstić information content (AvgIpc) is 2.27. The van der Waals surface area contributed by atoms with Gasteiger partial charge in [0.15, 0.2) is 5.11 Å². The van der Waals surface area contributed by atoms with Crippen LogP contribution in [0.4, 0.5) is 0 Å². The summed E-state index contributed by atoms with van der Waals surface area (Å²) >= 11 is 5.02. The lowest BCUT2D eigenvalue weighted by molar-refractivity contribution is -0.133. The Bertz CT molecular complexity index is 554. The van der Waals surface area contributed by atoms with Gasteiger partial charge in [0, 0.05) is 5.70 Å². The van der Waals surface area contributed by atoms with Crippen LogP contribution in [0, 0.1) is 0 Å². The molecule has 0 spiro atoms. The Hall–Kier alpha value is -2.08. The zero-order valence-corrected chi connectivity index (χ0v) is 10.4. The number of carbonyl (C=O) groups is 1. The van der Waals surface area contributed by atoms with Gasteiger partial charge in [0.05, 0.1) is 11.6 Å². The predicted octanol–water partition coefficient (Wildman–Crippen LogP) is 1.27. The Morgan fingerprint density at radius 3 is 2.78 bits per heavy atom. The maximum atomic E-state index is 11.3. The Kier molecular flexibility index (Phi) is 3.20. The molecule has 0 amide bonds. The summed E-state index contributed by atoms with van der Waals surface area (Å²) in [5, 5.41) is 24.8. The Labute approximate surface area is 109 Å². The fourth-order valence-corrected chi connectivity index (χ4v) is 2.20. The summed E-state index contributed by atoms with van der Waals surface area (Å²) in [5.41, 5.74) is 1.34. The largest absolute Gasteiger partial charge is 0.508 e. The van der Waals surface area contributed by atoms with E-state index in [0.29, 0.717) is 16.4 Å². The van der Waals surface area contributed by atoms with Gasteiger partial charge in [-0.05, 0) is 36.8 Å². The molecular formula is C12H12N2O3S. The van der Waals surface area contributed by atoms with E-state index >= 15 is 0 Å². The van der Waals surface area contributed by atoms with Crippen LogP contribution in [0.15, 0.2) is 35.5 Å². The van der Waals surface area contributed by atoms with E-state index in [4.69, 9.17) is 12.2 Å². The highest BCUT2D eigenvalue weighted by Gasteiger charge is 2.29. The van der Waals surface area contributed by atoms with E-state index in [1.807, 2.05) is 0 Å². The van der Waals surface area contributed by atoms with Crippen molar-refractivity contribution in [3.8, 4) is 5.75 Å². The molecule has 0 radical (unpaired) electrons. The second kappa shape index (κ2) is 4.66. The first-order chi connectivity index (χ1) is 8.49.